The Balaban J connectivity index is 2.53. The minimum Gasteiger partial charge on any atom is -0.507 e. The van der Waals surface area contributed by atoms with Crippen molar-refractivity contribution < 1.29 is 24.5 Å². The maximum absolute atomic E-state index is 12.7. The molecule has 5 nitrogen and oxygen atoms in total. The lowest BCUT2D eigenvalue weighted by Gasteiger charge is -2.19. The SMILES string of the molecule is C=C(C)[C@@H]1C/C=C/CC/C=C/C(=O)Cc2c(Cl)c(O)cc(O)c2C(=O)O1. The van der Waals surface area contributed by atoms with Gasteiger partial charge in [0.2, 0.25) is 0 Å². The van der Waals surface area contributed by atoms with Crippen LogP contribution in [-0.4, -0.2) is 28.1 Å². The van der Waals surface area contributed by atoms with E-state index >= 15 is 0 Å². The average Bonchev–Trinajstić information content (AvgIpc) is 2.56. The van der Waals surface area contributed by atoms with Crippen molar-refractivity contribution >= 4 is 23.4 Å². The molecule has 26 heavy (non-hydrogen) atoms. The standard InChI is InChI=1S/C20H21ClO5/c1-12(2)17-9-7-5-3-4-6-8-13(22)10-14-18(20(25)26-17)15(23)11-16(24)19(14)21/h5-8,11,17,23-24H,1,3-4,9-10H2,2H3/b7-5+,8-6+/t17-/m0/s1. The third kappa shape index (κ3) is 4.76. The number of hydrogen-bond acceptors (Lipinski definition) is 5. The fraction of sp³-hybridized carbons (Fsp3) is 0.300. The summed E-state index contributed by atoms with van der Waals surface area (Å²) in [5.41, 5.74) is 0.468. The molecule has 0 aromatic heterocycles. The number of ketones is 1. The molecule has 138 valence electrons. The van der Waals surface area contributed by atoms with Crippen molar-refractivity contribution in [3.63, 3.8) is 0 Å². The molecule has 0 fully saturated rings. The molecule has 1 atom stereocenters. The minimum atomic E-state index is -0.824. The van der Waals surface area contributed by atoms with Crippen LogP contribution in [-0.2, 0) is 16.0 Å². The first kappa shape index (κ1) is 19.8. The zero-order valence-corrected chi connectivity index (χ0v) is 15.3. The molecule has 1 aromatic rings. The maximum Gasteiger partial charge on any atom is 0.342 e. The molecule has 1 aromatic carbocycles. The van der Waals surface area contributed by atoms with Gasteiger partial charge >= 0.3 is 5.97 Å². The van der Waals surface area contributed by atoms with E-state index in [2.05, 4.69) is 6.58 Å². The lowest BCUT2D eigenvalue weighted by atomic mass is 9.99. The maximum atomic E-state index is 12.7. The molecule has 0 unspecified atom stereocenters. The number of phenolic OH excluding ortho intramolecular Hbond substituents is 2. The second-order valence-electron chi connectivity index (χ2n) is 6.15. The van der Waals surface area contributed by atoms with Gasteiger partial charge in [0.1, 0.15) is 23.2 Å². The fourth-order valence-electron chi connectivity index (χ4n) is 2.59. The van der Waals surface area contributed by atoms with Crippen molar-refractivity contribution in [2.24, 2.45) is 0 Å². The summed E-state index contributed by atoms with van der Waals surface area (Å²) in [6, 6.07) is 0.960. The summed E-state index contributed by atoms with van der Waals surface area (Å²) in [5, 5.41) is 19.8. The highest BCUT2D eigenvalue weighted by Crippen LogP contribution is 2.37. The number of aromatic hydroxyl groups is 2. The number of ether oxygens (including phenoxy) is 1. The van der Waals surface area contributed by atoms with Crippen LogP contribution in [0, 0.1) is 0 Å². The number of hydrogen-bond donors (Lipinski definition) is 2. The number of benzene rings is 1. The normalized spacial score (nSPS) is 21.2. The van der Waals surface area contributed by atoms with Crippen LogP contribution >= 0.6 is 11.6 Å². The van der Waals surface area contributed by atoms with Crippen LogP contribution in [0.2, 0.25) is 5.02 Å². The Morgan fingerprint density at radius 2 is 1.88 bits per heavy atom. The molecule has 0 amide bonds. The van der Waals surface area contributed by atoms with Gasteiger partial charge in [-0.25, -0.2) is 4.79 Å². The van der Waals surface area contributed by atoms with E-state index in [0.717, 1.165) is 12.5 Å². The van der Waals surface area contributed by atoms with Gasteiger partial charge in [0.15, 0.2) is 5.78 Å². The highest BCUT2D eigenvalue weighted by atomic mass is 35.5. The van der Waals surface area contributed by atoms with Gasteiger partial charge in [-0.2, -0.15) is 0 Å². The van der Waals surface area contributed by atoms with Gasteiger partial charge in [-0.1, -0.05) is 36.4 Å². The molecule has 0 aliphatic carbocycles. The number of carbonyl (C=O) groups excluding carboxylic acids is 2. The van der Waals surface area contributed by atoms with Crippen molar-refractivity contribution in [3.05, 3.63) is 58.7 Å². The number of fused-ring (bicyclic) bond motifs is 1. The minimum absolute atomic E-state index is 0.0388. The average molecular weight is 377 g/mol. The topological polar surface area (TPSA) is 83.8 Å². The number of carbonyl (C=O) groups is 2. The summed E-state index contributed by atoms with van der Waals surface area (Å²) in [4.78, 5) is 24.8. The lowest BCUT2D eigenvalue weighted by Crippen LogP contribution is -2.20. The summed E-state index contributed by atoms with van der Waals surface area (Å²) in [6.45, 7) is 5.57. The Morgan fingerprint density at radius 1 is 1.19 bits per heavy atom. The van der Waals surface area contributed by atoms with Crippen molar-refractivity contribution in [2.45, 2.75) is 38.7 Å². The van der Waals surface area contributed by atoms with Gasteiger partial charge in [-0.3, -0.25) is 4.79 Å². The molecule has 1 aliphatic rings. The van der Waals surface area contributed by atoms with Crippen molar-refractivity contribution in [2.75, 3.05) is 0 Å². The first-order chi connectivity index (χ1) is 12.3. The van der Waals surface area contributed by atoms with E-state index in [0.29, 0.717) is 18.4 Å². The molecule has 1 aliphatic heterocycles. The monoisotopic (exact) mass is 376 g/mol. The lowest BCUT2D eigenvalue weighted by molar-refractivity contribution is -0.114. The molecule has 0 spiro atoms. The Hall–Kier alpha value is -2.53. The summed E-state index contributed by atoms with van der Waals surface area (Å²) in [5.74, 6) is -2.03. The molecular weight excluding hydrogens is 356 g/mol. The highest BCUT2D eigenvalue weighted by Gasteiger charge is 2.26. The van der Waals surface area contributed by atoms with Crippen molar-refractivity contribution in [1.29, 1.82) is 0 Å². The van der Waals surface area contributed by atoms with Gasteiger partial charge in [-0.15, -0.1) is 0 Å². The second kappa shape index (κ2) is 8.72. The van der Waals surface area contributed by atoms with Crippen LogP contribution in [0.1, 0.15) is 42.1 Å². The van der Waals surface area contributed by atoms with E-state index < -0.39 is 23.6 Å². The van der Waals surface area contributed by atoms with E-state index in [9.17, 15) is 19.8 Å². The van der Waals surface area contributed by atoms with Crippen LogP contribution in [0.5, 0.6) is 11.5 Å². The summed E-state index contributed by atoms with van der Waals surface area (Å²) >= 11 is 6.09. The van der Waals surface area contributed by atoms with Crippen molar-refractivity contribution in [1.82, 2.24) is 0 Å². The van der Waals surface area contributed by atoms with Gasteiger partial charge in [0.05, 0.1) is 5.02 Å². The molecule has 0 bridgehead atoms. The van der Waals surface area contributed by atoms with Crippen LogP contribution in [0.25, 0.3) is 0 Å². The van der Waals surface area contributed by atoms with Crippen LogP contribution < -0.4 is 0 Å². The van der Waals surface area contributed by atoms with Gasteiger partial charge in [-0.05, 0) is 31.4 Å². The largest absolute Gasteiger partial charge is 0.507 e. The van der Waals surface area contributed by atoms with Crippen molar-refractivity contribution in [3.8, 4) is 11.5 Å². The number of rotatable bonds is 1. The zero-order valence-electron chi connectivity index (χ0n) is 14.5. The summed E-state index contributed by atoms with van der Waals surface area (Å²) < 4.78 is 5.47. The molecule has 0 saturated carbocycles. The number of esters is 1. The van der Waals surface area contributed by atoms with E-state index in [1.165, 1.54) is 6.08 Å². The van der Waals surface area contributed by atoms with E-state index in [1.807, 2.05) is 12.2 Å². The first-order valence-electron chi connectivity index (χ1n) is 8.25. The molecule has 0 radical (unpaired) electrons. The Morgan fingerprint density at radius 3 is 2.58 bits per heavy atom. The van der Waals surface area contributed by atoms with Gasteiger partial charge < -0.3 is 14.9 Å². The Bertz CT molecular complexity index is 792. The highest BCUT2D eigenvalue weighted by molar-refractivity contribution is 6.33. The summed E-state index contributed by atoms with van der Waals surface area (Å²) in [7, 11) is 0. The number of cyclic esters (lactones) is 1. The van der Waals surface area contributed by atoms with Gasteiger partial charge in [0, 0.05) is 24.5 Å². The van der Waals surface area contributed by atoms with Gasteiger partial charge in [0.25, 0.3) is 0 Å². The number of halogens is 1. The van der Waals surface area contributed by atoms with Crippen LogP contribution in [0.3, 0.4) is 0 Å². The first-order valence-corrected chi connectivity index (χ1v) is 8.63. The third-order valence-electron chi connectivity index (χ3n) is 4.00. The number of phenols is 2. The smallest absolute Gasteiger partial charge is 0.342 e. The summed E-state index contributed by atoms with van der Waals surface area (Å²) in [6.07, 6.45) is 8.05. The predicted molar refractivity (Wildman–Crippen MR) is 99.6 cm³/mol. The molecule has 1 heterocycles. The predicted octanol–water partition coefficient (Wildman–Crippen LogP) is 4.26. The Kier molecular flexibility index (Phi) is 6.64. The van der Waals surface area contributed by atoms with Crippen LogP contribution in [0.15, 0.2) is 42.5 Å². The van der Waals surface area contributed by atoms with E-state index in [4.69, 9.17) is 16.3 Å². The second-order valence-corrected chi connectivity index (χ2v) is 6.53. The number of allylic oxidation sites excluding steroid dienone is 3. The fourth-order valence-corrected chi connectivity index (χ4v) is 2.81. The zero-order chi connectivity index (χ0) is 19.3. The van der Waals surface area contributed by atoms with Crippen LogP contribution in [0.4, 0.5) is 0 Å². The quantitative estimate of drug-likeness (QED) is 0.565. The molecule has 2 N–H and O–H groups in total. The molecular formula is C20H21ClO5. The molecule has 6 heteroatoms. The Labute approximate surface area is 157 Å². The molecule has 2 rings (SSSR count). The van der Waals surface area contributed by atoms with E-state index in [1.54, 1.807) is 13.0 Å². The third-order valence-corrected chi connectivity index (χ3v) is 4.42. The molecule has 0 saturated heterocycles. The van der Waals surface area contributed by atoms with E-state index in [-0.39, 0.29) is 28.4 Å².